The van der Waals surface area contributed by atoms with Gasteiger partial charge < -0.3 is 9.47 Å². The molecular formula is C17H15N3O3. The summed E-state index contributed by atoms with van der Waals surface area (Å²) in [5, 5.41) is 16.4. The number of esters is 1. The van der Waals surface area contributed by atoms with Crippen LogP contribution in [0.3, 0.4) is 0 Å². The highest BCUT2D eigenvalue weighted by molar-refractivity contribution is 5.71. The monoisotopic (exact) mass is 313 g/mol. The lowest BCUT2D eigenvalue weighted by Crippen LogP contribution is -2.14. The lowest BCUT2D eigenvalue weighted by Gasteiger charge is -2.05. The molecule has 0 aromatic heterocycles. The van der Waals surface area contributed by atoms with E-state index in [1.165, 1.54) is 24.3 Å². The Bertz CT molecular complexity index is 895. The number of hydrogen-bond acceptors (Lipinski definition) is 6. The van der Waals surface area contributed by atoms with E-state index < -0.39 is 36.7 Å². The zero-order chi connectivity index (χ0) is 20.0. The largest absolute Gasteiger partial charge is 0.482 e. The van der Waals surface area contributed by atoms with Crippen LogP contribution in [0.25, 0.3) is 0 Å². The molecule has 0 radical (unpaired) electrons. The van der Waals surface area contributed by atoms with Crippen molar-refractivity contribution < 1.29 is 19.8 Å². The molecule has 0 unspecified atom stereocenters. The Kier molecular flexibility index (Phi) is 4.10. The zero-order valence-electron chi connectivity index (χ0n) is 16.3. The molecular weight excluding hydrogens is 294 g/mol. The normalized spacial score (nSPS) is 12.7. The minimum Gasteiger partial charge on any atom is -0.482 e. The first kappa shape index (κ1) is 11.4. The van der Waals surface area contributed by atoms with Crippen LogP contribution in [0.4, 0.5) is 11.4 Å². The quantitative estimate of drug-likeness (QED) is 0.597. The van der Waals surface area contributed by atoms with Crippen molar-refractivity contribution in [2.45, 2.75) is 6.92 Å². The maximum atomic E-state index is 11.4. The summed E-state index contributed by atoms with van der Waals surface area (Å²) in [6.07, 6.45) is 0. The molecule has 6 nitrogen and oxygen atoms in total. The molecule has 23 heavy (non-hydrogen) atoms. The summed E-state index contributed by atoms with van der Waals surface area (Å²) in [6, 6.07) is 6.26. The van der Waals surface area contributed by atoms with Crippen molar-refractivity contribution >= 4 is 17.3 Å². The van der Waals surface area contributed by atoms with Crippen LogP contribution >= 0.6 is 0 Å². The Morgan fingerprint density at radius 2 is 1.83 bits per heavy atom. The highest BCUT2D eigenvalue weighted by Crippen LogP contribution is 2.21. The summed E-state index contributed by atoms with van der Waals surface area (Å²) in [5.41, 5.74) is 0.563. The predicted molar refractivity (Wildman–Crippen MR) is 83.9 cm³/mol. The second kappa shape index (κ2) is 8.29. The van der Waals surface area contributed by atoms with Crippen LogP contribution in [-0.2, 0) is 9.53 Å². The van der Waals surface area contributed by atoms with Crippen molar-refractivity contribution in [2.75, 3.05) is 13.2 Å². The molecule has 0 saturated carbocycles. The Morgan fingerprint density at radius 3 is 2.43 bits per heavy atom. The number of azo groups is 1. The smallest absolute Gasteiger partial charge is 0.344 e. The number of nitriles is 1. The molecule has 0 heterocycles. The van der Waals surface area contributed by atoms with Gasteiger partial charge in [0.2, 0.25) is 0 Å². The van der Waals surface area contributed by atoms with E-state index in [4.69, 9.17) is 20.2 Å². The third kappa shape index (κ3) is 5.25. The molecule has 2 aromatic carbocycles. The lowest BCUT2D eigenvalue weighted by atomic mass is 10.2. The van der Waals surface area contributed by atoms with E-state index in [2.05, 4.69) is 10.2 Å². The Balaban J connectivity index is 2.31. The SMILES string of the molecule is [2H]c1c([2H])c(OCC(=O)OCC)c([2H])c([2H])c1N=Nc1ccc(C#N)cc1. The van der Waals surface area contributed by atoms with Gasteiger partial charge in [0.1, 0.15) is 5.75 Å². The van der Waals surface area contributed by atoms with Crippen LogP contribution in [0, 0.1) is 11.3 Å². The topological polar surface area (TPSA) is 84.0 Å². The van der Waals surface area contributed by atoms with Gasteiger partial charge in [0.25, 0.3) is 0 Å². The molecule has 0 aliphatic heterocycles. The Morgan fingerprint density at radius 1 is 1.17 bits per heavy atom. The molecule has 0 N–H and O–H groups in total. The summed E-state index contributed by atoms with van der Waals surface area (Å²) < 4.78 is 41.7. The van der Waals surface area contributed by atoms with E-state index in [1.807, 2.05) is 6.07 Å². The van der Waals surface area contributed by atoms with Crippen molar-refractivity contribution in [3.8, 4) is 11.8 Å². The van der Waals surface area contributed by atoms with Crippen LogP contribution in [0.1, 0.15) is 18.0 Å². The van der Waals surface area contributed by atoms with Crippen LogP contribution in [0.15, 0.2) is 58.7 Å². The molecule has 0 bridgehead atoms. The molecule has 0 atom stereocenters. The third-order valence-corrected chi connectivity index (χ3v) is 2.49. The first-order valence-corrected chi connectivity index (χ1v) is 6.69. The summed E-state index contributed by atoms with van der Waals surface area (Å²) >= 11 is 0. The van der Waals surface area contributed by atoms with Crippen molar-refractivity contribution in [2.24, 2.45) is 10.2 Å². The van der Waals surface area contributed by atoms with Gasteiger partial charge in [-0.05, 0) is 55.4 Å². The first-order valence-electron chi connectivity index (χ1n) is 8.69. The van der Waals surface area contributed by atoms with Crippen molar-refractivity contribution in [3.63, 3.8) is 0 Å². The van der Waals surface area contributed by atoms with Crippen molar-refractivity contribution in [1.82, 2.24) is 0 Å². The minimum absolute atomic E-state index is 0.158. The van der Waals surface area contributed by atoms with E-state index in [-0.39, 0.29) is 18.0 Å². The predicted octanol–water partition coefficient (Wildman–Crippen LogP) is 3.92. The van der Waals surface area contributed by atoms with Crippen LogP contribution in [0.5, 0.6) is 5.75 Å². The highest BCUT2D eigenvalue weighted by Gasteiger charge is 2.02. The van der Waals surface area contributed by atoms with E-state index in [0.717, 1.165) is 0 Å². The van der Waals surface area contributed by atoms with Gasteiger partial charge in [0.15, 0.2) is 6.61 Å². The fraction of sp³-hybridized carbons (Fsp3) is 0.176. The van der Waals surface area contributed by atoms with Gasteiger partial charge in [-0.15, -0.1) is 0 Å². The molecule has 0 saturated heterocycles. The lowest BCUT2D eigenvalue weighted by molar-refractivity contribution is -0.145. The average Bonchev–Trinajstić information content (AvgIpc) is 2.67. The molecule has 116 valence electrons. The molecule has 0 aliphatic rings. The van der Waals surface area contributed by atoms with Gasteiger partial charge in [-0.25, -0.2) is 4.79 Å². The van der Waals surface area contributed by atoms with Crippen LogP contribution in [-0.4, -0.2) is 19.2 Å². The van der Waals surface area contributed by atoms with Gasteiger partial charge in [0.05, 0.1) is 35.1 Å². The number of nitrogens with zero attached hydrogens (tertiary/aromatic N) is 3. The Labute approximate surface area is 139 Å². The molecule has 0 amide bonds. The molecule has 0 fully saturated rings. The van der Waals surface area contributed by atoms with E-state index in [1.54, 1.807) is 6.92 Å². The van der Waals surface area contributed by atoms with Gasteiger partial charge in [0, 0.05) is 0 Å². The first-order chi connectivity index (χ1) is 12.9. The van der Waals surface area contributed by atoms with Crippen LogP contribution < -0.4 is 4.74 Å². The third-order valence-electron chi connectivity index (χ3n) is 2.49. The summed E-state index contributed by atoms with van der Waals surface area (Å²) in [4.78, 5) is 11.4. The summed E-state index contributed by atoms with van der Waals surface area (Å²) in [6.45, 7) is 1.25. The molecule has 2 rings (SSSR count). The maximum absolute atomic E-state index is 11.4. The number of benzene rings is 2. The average molecular weight is 313 g/mol. The summed E-state index contributed by atoms with van der Waals surface area (Å²) in [5.74, 6) is -1.05. The minimum atomic E-state index is -0.682. The number of hydrogen-bond donors (Lipinski definition) is 0. The second-order valence-electron chi connectivity index (χ2n) is 4.13. The van der Waals surface area contributed by atoms with Crippen molar-refractivity contribution in [1.29, 1.82) is 5.26 Å². The van der Waals surface area contributed by atoms with Gasteiger partial charge >= 0.3 is 5.97 Å². The number of carbonyl (C=O) groups excluding carboxylic acids is 1. The van der Waals surface area contributed by atoms with E-state index >= 15 is 0 Å². The van der Waals surface area contributed by atoms with Crippen molar-refractivity contribution in [3.05, 3.63) is 54.0 Å². The van der Waals surface area contributed by atoms with Crippen LogP contribution in [0.2, 0.25) is 0 Å². The van der Waals surface area contributed by atoms with Gasteiger partial charge in [-0.3, -0.25) is 0 Å². The molecule has 6 heteroatoms. The standard InChI is InChI=1S/C17H15N3O3/c1-2-22-17(21)12-23-16-9-7-15(8-10-16)20-19-14-5-3-13(11-18)4-6-14/h3-10H,2,12H2,1H3/i7D,8D,9D,10D. The molecule has 0 aliphatic carbocycles. The molecule has 2 aromatic rings. The molecule has 0 spiro atoms. The van der Waals surface area contributed by atoms with E-state index in [0.29, 0.717) is 11.3 Å². The fourth-order valence-corrected chi connectivity index (χ4v) is 1.46. The highest BCUT2D eigenvalue weighted by atomic mass is 16.6. The maximum Gasteiger partial charge on any atom is 0.344 e. The number of ether oxygens (including phenoxy) is 2. The second-order valence-corrected chi connectivity index (χ2v) is 4.13. The van der Waals surface area contributed by atoms with E-state index in [9.17, 15) is 4.79 Å². The van der Waals surface area contributed by atoms with Gasteiger partial charge in [-0.2, -0.15) is 15.5 Å². The fourth-order valence-electron chi connectivity index (χ4n) is 1.46. The summed E-state index contributed by atoms with van der Waals surface area (Å²) in [7, 11) is 0. The number of carbonyl (C=O) groups is 1. The van der Waals surface area contributed by atoms with Gasteiger partial charge in [-0.1, -0.05) is 0 Å². The zero-order valence-corrected chi connectivity index (χ0v) is 12.3. The Hall–Kier alpha value is -3.20. The number of rotatable bonds is 6.